The molecule has 0 radical (unpaired) electrons. The van der Waals surface area contributed by atoms with Crippen molar-refractivity contribution in [1.29, 1.82) is 0 Å². The van der Waals surface area contributed by atoms with E-state index in [9.17, 15) is 4.79 Å². The summed E-state index contributed by atoms with van der Waals surface area (Å²) in [5, 5.41) is 0.384. The average molecular weight is 186 g/mol. The molecule has 0 N–H and O–H groups in total. The normalized spacial score (nSPS) is 28.4. The van der Waals surface area contributed by atoms with Gasteiger partial charge in [-0.3, -0.25) is 4.79 Å². The van der Waals surface area contributed by atoms with E-state index in [0.29, 0.717) is 5.12 Å². The Morgan fingerprint density at radius 3 is 2.08 bits per heavy atom. The lowest BCUT2D eigenvalue weighted by Crippen LogP contribution is -2.46. The van der Waals surface area contributed by atoms with Crippen molar-refractivity contribution in [3.63, 3.8) is 0 Å². The molecule has 0 aromatic carbocycles. The molecule has 0 aromatic heterocycles. The maximum atomic E-state index is 11.3. The van der Waals surface area contributed by atoms with Crippen LogP contribution in [-0.2, 0) is 4.79 Å². The molecule has 0 aromatic rings. The first-order valence-corrected chi connectivity index (χ1v) is 5.27. The molecule has 1 fully saturated rings. The summed E-state index contributed by atoms with van der Waals surface area (Å²) in [6.45, 7) is 10.9. The van der Waals surface area contributed by atoms with Gasteiger partial charge in [0.25, 0.3) is 0 Å². The quantitative estimate of drug-likeness (QED) is 0.626. The van der Waals surface area contributed by atoms with E-state index in [4.69, 9.17) is 0 Å². The monoisotopic (exact) mass is 186 g/mol. The van der Waals surface area contributed by atoms with Crippen molar-refractivity contribution in [3.8, 4) is 0 Å². The summed E-state index contributed by atoms with van der Waals surface area (Å²) in [6, 6.07) is 0. The highest BCUT2D eigenvalue weighted by molar-refractivity contribution is 8.17. The maximum Gasteiger partial charge on any atom is 0.193 e. The highest BCUT2D eigenvalue weighted by Gasteiger charge is 2.48. The molecule has 1 heterocycles. The van der Waals surface area contributed by atoms with Crippen LogP contribution < -0.4 is 0 Å². The Bertz CT molecular complexity index is 200. The van der Waals surface area contributed by atoms with Crippen LogP contribution in [-0.4, -0.2) is 9.86 Å². The lowest BCUT2D eigenvalue weighted by molar-refractivity contribution is -0.118. The van der Waals surface area contributed by atoms with Crippen LogP contribution in [0, 0.1) is 11.3 Å². The van der Waals surface area contributed by atoms with Gasteiger partial charge in [0.15, 0.2) is 5.12 Å². The van der Waals surface area contributed by atoms with Crippen molar-refractivity contribution in [1.82, 2.24) is 0 Å². The van der Waals surface area contributed by atoms with E-state index in [2.05, 4.69) is 34.6 Å². The molecule has 0 saturated carbocycles. The van der Waals surface area contributed by atoms with E-state index >= 15 is 0 Å². The lowest BCUT2D eigenvalue weighted by atomic mass is 9.79. The van der Waals surface area contributed by atoms with E-state index < -0.39 is 0 Å². The Morgan fingerprint density at radius 1 is 1.42 bits per heavy atom. The van der Waals surface area contributed by atoms with Gasteiger partial charge in [-0.25, -0.2) is 0 Å². The number of hydrogen-bond donors (Lipinski definition) is 0. The fraction of sp³-hybridized carbons (Fsp3) is 0.900. The number of hydrogen-bond acceptors (Lipinski definition) is 2. The van der Waals surface area contributed by atoms with Crippen LogP contribution in [0.25, 0.3) is 0 Å². The zero-order valence-electron chi connectivity index (χ0n) is 8.60. The Hall–Kier alpha value is 0.0200. The first-order chi connectivity index (χ1) is 5.22. The van der Waals surface area contributed by atoms with Gasteiger partial charge >= 0.3 is 0 Å². The van der Waals surface area contributed by atoms with Crippen molar-refractivity contribution in [2.75, 3.05) is 0 Å². The molecule has 1 saturated heterocycles. The van der Waals surface area contributed by atoms with Crippen LogP contribution in [0.5, 0.6) is 0 Å². The summed E-state index contributed by atoms with van der Waals surface area (Å²) < 4.78 is 0.185. The molecular weight excluding hydrogens is 168 g/mol. The molecule has 1 unspecified atom stereocenters. The van der Waals surface area contributed by atoms with E-state index in [1.807, 2.05) is 0 Å². The largest absolute Gasteiger partial charge is 0.287 e. The molecule has 0 spiro atoms. The number of carbonyl (C=O) groups excluding carboxylic acids is 1. The van der Waals surface area contributed by atoms with Crippen LogP contribution in [0.15, 0.2) is 0 Å². The third-order valence-corrected chi connectivity index (χ3v) is 3.60. The van der Waals surface area contributed by atoms with Gasteiger partial charge in [0, 0.05) is 10.7 Å². The fourth-order valence-corrected chi connectivity index (χ4v) is 2.75. The SMILES string of the molecule is CC(C)(C)CC1C(=O)SC1(C)C. The van der Waals surface area contributed by atoms with Gasteiger partial charge in [0.05, 0.1) is 0 Å². The number of thioether (sulfide) groups is 1. The fourth-order valence-electron chi connectivity index (χ4n) is 1.57. The molecule has 1 aliphatic rings. The highest BCUT2D eigenvalue weighted by Crippen LogP contribution is 2.51. The minimum atomic E-state index is 0.185. The second-order valence-corrected chi connectivity index (χ2v) is 7.00. The zero-order valence-corrected chi connectivity index (χ0v) is 9.42. The molecule has 1 nitrogen and oxygen atoms in total. The Kier molecular flexibility index (Phi) is 2.32. The Labute approximate surface area is 79.3 Å². The van der Waals surface area contributed by atoms with Crippen molar-refractivity contribution in [2.45, 2.75) is 45.8 Å². The predicted octanol–water partition coefficient (Wildman–Crippen LogP) is 3.09. The van der Waals surface area contributed by atoms with Gasteiger partial charge in [-0.15, -0.1) is 0 Å². The number of carbonyl (C=O) groups is 1. The van der Waals surface area contributed by atoms with Crippen LogP contribution in [0.4, 0.5) is 0 Å². The molecule has 70 valence electrons. The van der Waals surface area contributed by atoms with Gasteiger partial charge in [0.2, 0.25) is 0 Å². The van der Waals surface area contributed by atoms with Crippen molar-refractivity contribution in [2.24, 2.45) is 11.3 Å². The topological polar surface area (TPSA) is 17.1 Å². The van der Waals surface area contributed by atoms with Gasteiger partial charge in [-0.05, 0) is 25.7 Å². The third kappa shape index (κ3) is 2.03. The van der Waals surface area contributed by atoms with Gasteiger partial charge < -0.3 is 0 Å². The van der Waals surface area contributed by atoms with Gasteiger partial charge in [-0.1, -0.05) is 32.5 Å². The smallest absolute Gasteiger partial charge is 0.193 e. The van der Waals surface area contributed by atoms with Crippen LogP contribution in [0.2, 0.25) is 0 Å². The first-order valence-electron chi connectivity index (χ1n) is 4.45. The molecular formula is C10H18OS. The molecule has 1 aliphatic heterocycles. The van der Waals surface area contributed by atoms with E-state index in [1.54, 1.807) is 0 Å². The molecule has 0 amide bonds. The van der Waals surface area contributed by atoms with Crippen molar-refractivity contribution >= 4 is 16.9 Å². The van der Waals surface area contributed by atoms with Crippen LogP contribution in [0.3, 0.4) is 0 Å². The summed E-state index contributed by atoms with van der Waals surface area (Å²) in [5.41, 5.74) is 0.276. The zero-order chi connectivity index (χ0) is 9.57. The predicted molar refractivity (Wildman–Crippen MR) is 54.2 cm³/mol. The lowest BCUT2D eigenvalue weighted by Gasteiger charge is -2.44. The molecule has 12 heavy (non-hydrogen) atoms. The minimum absolute atomic E-state index is 0.185. The Balaban J connectivity index is 2.58. The Morgan fingerprint density at radius 2 is 1.92 bits per heavy atom. The summed E-state index contributed by atoms with van der Waals surface area (Å²) >= 11 is 1.50. The first kappa shape index (κ1) is 10.1. The molecule has 1 rings (SSSR count). The molecule has 1 atom stereocenters. The van der Waals surface area contributed by atoms with Gasteiger partial charge in [0.1, 0.15) is 0 Å². The standard InChI is InChI=1S/C10H18OS/c1-9(2,3)6-7-8(11)12-10(7,4)5/h7H,6H2,1-5H3. The average Bonchev–Trinajstić information content (AvgIpc) is 1.81. The molecule has 0 aliphatic carbocycles. The van der Waals surface area contributed by atoms with Crippen LogP contribution in [0.1, 0.15) is 41.0 Å². The molecule has 2 heteroatoms. The van der Waals surface area contributed by atoms with E-state index in [0.717, 1.165) is 6.42 Å². The van der Waals surface area contributed by atoms with E-state index in [-0.39, 0.29) is 16.1 Å². The molecule has 0 bridgehead atoms. The second-order valence-electron chi connectivity index (χ2n) is 5.34. The van der Waals surface area contributed by atoms with Crippen molar-refractivity contribution in [3.05, 3.63) is 0 Å². The minimum Gasteiger partial charge on any atom is -0.287 e. The summed E-state index contributed by atoms with van der Waals surface area (Å²) in [5.74, 6) is 0.280. The number of rotatable bonds is 1. The summed E-state index contributed by atoms with van der Waals surface area (Å²) in [7, 11) is 0. The van der Waals surface area contributed by atoms with Crippen molar-refractivity contribution < 1.29 is 4.79 Å². The second kappa shape index (κ2) is 2.76. The summed E-state index contributed by atoms with van der Waals surface area (Å²) in [4.78, 5) is 11.3. The van der Waals surface area contributed by atoms with E-state index in [1.165, 1.54) is 11.8 Å². The maximum absolute atomic E-state index is 11.3. The third-order valence-electron chi connectivity index (χ3n) is 2.30. The van der Waals surface area contributed by atoms with Gasteiger partial charge in [-0.2, -0.15) is 0 Å². The highest BCUT2D eigenvalue weighted by atomic mass is 32.2. The van der Waals surface area contributed by atoms with Crippen LogP contribution >= 0.6 is 11.8 Å². The summed E-state index contributed by atoms with van der Waals surface area (Å²) in [6.07, 6.45) is 1.02.